The molecule has 3 rings (SSSR count). The molecule has 5 nitrogen and oxygen atoms in total. The summed E-state index contributed by atoms with van der Waals surface area (Å²) in [5, 5.41) is 4.71. The van der Waals surface area contributed by atoms with Gasteiger partial charge in [-0.25, -0.2) is 8.42 Å². The fourth-order valence-electron chi connectivity index (χ4n) is 2.92. The average molecular weight is 411 g/mol. The number of sulfonamides is 1. The molecule has 0 saturated carbocycles. The van der Waals surface area contributed by atoms with Crippen molar-refractivity contribution in [2.24, 2.45) is 5.92 Å². The summed E-state index contributed by atoms with van der Waals surface area (Å²) < 4.78 is 27.1. The van der Waals surface area contributed by atoms with E-state index in [-0.39, 0.29) is 18.4 Å². The van der Waals surface area contributed by atoms with Gasteiger partial charge in [0.05, 0.1) is 5.92 Å². The Morgan fingerprint density at radius 2 is 2.04 bits per heavy atom. The van der Waals surface area contributed by atoms with Crippen molar-refractivity contribution in [3.63, 3.8) is 0 Å². The summed E-state index contributed by atoms with van der Waals surface area (Å²) in [5.41, 5.74) is 0. The summed E-state index contributed by atoms with van der Waals surface area (Å²) in [6.07, 6.45) is 1.44. The molecule has 0 aliphatic carbocycles. The standard InChI is InChI=1S/C18H22N2O3S3/c21-18(19-10-13-24-16-7-2-1-3-8-16)15-6-4-11-20(14-15)26(22,23)17-9-5-12-25-17/h1-3,5,7-9,12,15H,4,6,10-11,13-14H2,(H,19,21)/t15-/m0/s1. The first kappa shape index (κ1) is 19.4. The van der Waals surface area contributed by atoms with E-state index in [1.54, 1.807) is 29.3 Å². The SMILES string of the molecule is O=C(NCCSc1ccccc1)[C@H]1CCCN(S(=O)(=O)c2cccs2)C1. The molecule has 1 N–H and O–H groups in total. The van der Waals surface area contributed by atoms with Gasteiger partial charge in [-0.15, -0.1) is 23.1 Å². The highest BCUT2D eigenvalue weighted by atomic mass is 32.2. The number of rotatable bonds is 7. The second kappa shape index (κ2) is 9.03. The smallest absolute Gasteiger partial charge is 0.252 e. The molecule has 1 aromatic carbocycles. The molecular formula is C18H22N2O3S3. The predicted octanol–water partition coefficient (Wildman–Crippen LogP) is 3.06. The van der Waals surface area contributed by atoms with Crippen LogP contribution in [0, 0.1) is 5.92 Å². The molecule has 26 heavy (non-hydrogen) atoms. The van der Waals surface area contributed by atoms with E-state index < -0.39 is 10.0 Å². The minimum atomic E-state index is -3.48. The molecular weight excluding hydrogens is 388 g/mol. The maximum Gasteiger partial charge on any atom is 0.252 e. The van der Waals surface area contributed by atoms with E-state index in [4.69, 9.17) is 0 Å². The number of piperidine rings is 1. The first-order chi connectivity index (χ1) is 12.6. The number of carbonyl (C=O) groups is 1. The highest BCUT2D eigenvalue weighted by Gasteiger charge is 2.33. The van der Waals surface area contributed by atoms with Gasteiger partial charge < -0.3 is 5.32 Å². The lowest BCUT2D eigenvalue weighted by Gasteiger charge is -2.30. The summed E-state index contributed by atoms with van der Waals surface area (Å²) in [6, 6.07) is 13.4. The van der Waals surface area contributed by atoms with Crippen LogP contribution in [0.3, 0.4) is 0 Å². The summed E-state index contributed by atoms with van der Waals surface area (Å²) >= 11 is 2.91. The summed E-state index contributed by atoms with van der Waals surface area (Å²) in [4.78, 5) is 13.6. The maximum absolute atomic E-state index is 12.6. The maximum atomic E-state index is 12.6. The predicted molar refractivity (Wildman–Crippen MR) is 106 cm³/mol. The third kappa shape index (κ3) is 4.88. The Morgan fingerprint density at radius 1 is 1.23 bits per heavy atom. The zero-order valence-corrected chi connectivity index (χ0v) is 16.8. The van der Waals surface area contributed by atoms with Crippen LogP contribution in [0.1, 0.15) is 12.8 Å². The molecule has 0 bridgehead atoms. The Kier molecular flexibility index (Phi) is 6.74. The lowest BCUT2D eigenvalue weighted by atomic mass is 9.99. The van der Waals surface area contributed by atoms with Crippen LogP contribution in [-0.2, 0) is 14.8 Å². The van der Waals surface area contributed by atoms with Crippen LogP contribution < -0.4 is 5.32 Å². The number of thiophene rings is 1. The first-order valence-electron chi connectivity index (χ1n) is 8.56. The number of nitrogens with zero attached hydrogens (tertiary/aromatic N) is 1. The summed E-state index contributed by atoms with van der Waals surface area (Å²) in [7, 11) is -3.48. The minimum Gasteiger partial charge on any atom is -0.355 e. The van der Waals surface area contributed by atoms with Gasteiger partial charge in [-0.2, -0.15) is 4.31 Å². The van der Waals surface area contributed by atoms with Crippen molar-refractivity contribution >= 4 is 39.0 Å². The number of hydrogen-bond donors (Lipinski definition) is 1. The molecule has 1 aliphatic rings. The van der Waals surface area contributed by atoms with Crippen molar-refractivity contribution < 1.29 is 13.2 Å². The average Bonchev–Trinajstić information content (AvgIpc) is 3.22. The third-order valence-electron chi connectivity index (χ3n) is 4.26. The summed E-state index contributed by atoms with van der Waals surface area (Å²) in [5.74, 6) is 0.463. The van der Waals surface area contributed by atoms with E-state index in [0.29, 0.717) is 23.7 Å². The van der Waals surface area contributed by atoms with E-state index in [1.165, 1.54) is 20.5 Å². The van der Waals surface area contributed by atoms with Gasteiger partial charge in [-0.05, 0) is 36.4 Å². The molecule has 2 heterocycles. The van der Waals surface area contributed by atoms with Crippen LogP contribution in [0.4, 0.5) is 0 Å². The van der Waals surface area contributed by atoms with Gasteiger partial charge in [0.25, 0.3) is 10.0 Å². The van der Waals surface area contributed by atoms with Gasteiger partial charge in [0.1, 0.15) is 4.21 Å². The molecule has 0 spiro atoms. The van der Waals surface area contributed by atoms with Gasteiger partial charge in [0.15, 0.2) is 0 Å². The Bertz CT molecular complexity index is 807. The monoisotopic (exact) mass is 410 g/mol. The van der Waals surface area contributed by atoms with Crippen molar-refractivity contribution in [3.05, 3.63) is 47.8 Å². The number of benzene rings is 1. The summed E-state index contributed by atoms with van der Waals surface area (Å²) in [6.45, 7) is 1.32. The normalized spacial score (nSPS) is 18.5. The van der Waals surface area contributed by atoms with E-state index in [1.807, 2.05) is 30.3 Å². The Hall–Kier alpha value is -1.35. The molecule has 1 atom stereocenters. The number of hydrogen-bond acceptors (Lipinski definition) is 5. The van der Waals surface area contributed by atoms with Gasteiger partial charge in [0, 0.05) is 30.3 Å². The highest BCUT2D eigenvalue weighted by molar-refractivity contribution is 7.99. The van der Waals surface area contributed by atoms with Crippen LogP contribution in [0.2, 0.25) is 0 Å². The van der Waals surface area contributed by atoms with Gasteiger partial charge >= 0.3 is 0 Å². The molecule has 0 radical (unpaired) electrons. The van der Waals surface area contributed by atoms with Gasteiger partial charge in [0.2, 0.25) is 5.91 Å². The van der Waals surface area contributed by atoms with Crippen LogP contribution in [0.5, 0.6) is 0 Å². The Labute approximate surface area is 162 Å². The van der Waals surface area contributed by atoms with Crippen LogP contribution in [-0.4, -0.2) is 44.0 Å². The molecule has 1 amide bonds. The number of nitrogens with one attached hydrogen (secondary N) is 1. The van der Waals surface area contributed by atoms with Crippen LogP contribution in [0.25, 0.3) is 0 Å². The second-order valence-electron chi connectivity index (χ2n) is 6.09. The lowest BCUT2D eigenvalue weighted by molar-refractivity contribution is -0.125. The molecule has 1 fully saturated rings. The quantitative estimate of drug-likeness (QED) is 0.563. The topological polar surface area (TPSA) is 66.5 Å². The lowest BCUT2D eigenvalue weighted by Crippen LogP contribution is -2.45. The van der Waals surface area contributed by atoms with Gasteiger partial charge in [-0.3, -0.25) is 4.79 Å². The van der Waals surface area contributed by atoms with Crippen LogP contribution in [0.15, 0.2) is 56.9 Å². The molecule has 140 valence electrons. The van der Waals surface area contributed by atoms with E-state index >= 15 is 0 Å². The second-order valence-corrected chi connectivity index (χ2v) is 10.4. The first-order valence-corrected chi connectivity index (χ1v) is 11.9. The number of amides is 1. The third-order valence-corrected chi connectivity index (χ3v) is 8.51. The fraction of sp³-hybridized carbons (Fsp3) is 0.389. The van der Waals surface area contributed by atoms with E-state index in [2.05, 4.69) is 5.32 Å². The molecule has 2 aromatic rings. The zero-order valence-electron chi connectivity index (χ0n) is 14.3. The fourth-order valence-corrected chi connectivity index (χ4v) is 6.37. The molecule has 0 unspecified atom stereocenters. The molecule has 8 heteroatoms. The van der Waals surface area contributed by atoms with Crippen molar-refractivity contribution in [3.8, 4) is 0 Å². The number of thioether (sulfide) groups is 1. The minimum absolute atomic E-state index is 0.0512. The zero-order chi connectivity index (χ0) is 18.4. The van der Waals surface area contributed by atoms with Crippen molar-refractivity contribution in [1.29, 1.82) is 0 Å². The van der Waals surface area contributed by atoms with Crippen molar-refractivity contribution in [1.82, 2.24) is 9.62 Å². The number of carbonyl (C=O) groups excluding carboxylic acids is 1. The van der Waals surface area contributed by atoms with Crippen molar-refractivity contribution in [2.75, 3.05) is 25.4 Å². The van der Waals surface area contributed by atoms with E-state index in [0.717, 1.165) is 12.2 Å². The highest BCUT2D eigenvalue weighted by Crippen LogP contribution is 2.26. The molecule has 1 aromatic heterocycles. The van der Waals surface area contributed by atoms with Crippen molar-refractivity contribution in [2.45, 2.75) is 21.9 Å². The molecule has 1 aliphatic heterocycles. The van der Waals surface area contributed by atoms with E-state index in [9.17, 15) is 13.2 Å². The van der Waals surface area contributed by atoms with Crippen LogP contribution >= 0.6 is 23.1 Å². The molecule has 1 saturated heterocycles. The van der Waals surface area contributed by atoms with Gasteiger partial charge in [-0.1, -0.05) is 24.3 Å². The Morgan fingerprint density at radius 3 is 2.77 bits per heavy atom. The Balaban J connectivity index is 1.49. The largest absolute Gasteiger partial charge is 0.355 e.